The van der Waals surface area contributed by atoms with E-state index in [-0.39, 0.29) is 0 Å². The zero-order chi connectivity index (χ0) is 14.1. The van der Waals surface area contributed by atoms with Gasteiger partial charge in [-0.1, -0.05) is 18.5 Å². The Bertz CT molecular complexity index is 605. The fourth-order valence-corrected chi connectivity index (χ4v) is 3.42. The molecule has 20 heavy (non-hydrogen) atoms. The van der Waals surface area contributed by atoms with Crippen LogP contribution in [0.1, 0.15) is 44.9 Å². The molecule has 1 aliphatic rings. The van der Waals surface area contributed by atoms with Gasteiger partial charge in [-0.3, -0.25) is 0 Å². The van der Waals surface area contributed by atoms with Gasteiger partial charge >= 0.3 is 0 Å². The van der Waals surface area contributed by atoms with Crippen molar-refractivity contribution in [2.75, 3.05) is 6.54 Å². The van der Waals surface area contributed by atoms with E-state index in [2.05, 4.69) is 23.7 Å². The van der Waals surface area contributed by atoms with Crippen molar-refractivity contribution in [2.24, 2.45) is 0 Å². The maximum atomic E-state index is 6.16. The van der Waals surface area contributed by atoms with Gasteiger partial charge in [0.1, 0.15) is 5.82 Å². The number of hydrogen-bond donors (Lipinski definition) is 1. The second kappa shape index (κ2) is 5.74. The van der Waals surface area contributed by atoms with E-state index < -0.39 is 0 Å². The summed E-state index contributed by atoms with van der Waals surface area (Å²) in [5, 5.41) is 4.31. The van der Waals surface area contributed by atoms with Gasteiger partial charge in [0.2, 0.25) is 0 Å². The van der Waals surface area contributed by atoms with Crippen molar-refractivity contribution in [3.05, 3.63) is 29.0 Å². The number of hydrogen-bond acceptors (Lipinski definition) is 2. The number of rotatable bonds is 3. The van der Waals surface area contributed by atoms with Crippen LogP contribution in [0.4, 0.5) is 0 Å². The van der Waals surface area contributed by atoms with Crippen molar-refractivity contribution in [1.29, 1.82) is 0 Å². The topological polar surface area (TPSA) is 29.9 Å². The Morgan fingerprint density at radius 2 is 2.30 bits per heavy atom. The molecule has 0 amide bonds. The van der Waals surface area contributed by atoms with E-state index in [4.69, 9.17) is 16.6 Å². The Morgan fingerprint density at radius 3 is 3.05 bits per heavy atom. The average Bonchev–Trinajstić information content (AvgIpc) is 2.78. The van der Waals surface area contributed by atoms with Gasteiger partial charge in [-0.05, 0) is 50.9 Å². The summed E-state index contributed by atoms with van der Waals surface area (Å²) in [6, 6.07) is 6.60. The van der Waals surface area contributed by atoms with Crippen LogP contribution in [0.5, 0.6) is 0 Å². The third-order valence-corrected chi connectivity index (χ3v) is 4.41. The first-order valence-electron chi connectivity index (χ1n) is 7.58. The molecule has 1 N–H and O–H groups in total. The highest BCUT2D eigenvalue weighted by Crippen LogP contribution is 2.31. The van der Waals surface area contributed by atoms with Crippen molar-refractivity contribution in [3.8, 4) is 0 Å². The molecule has 1 aliphatic heterocycles. The van der Waals surface area contributed by atoms with Crippen molar-refractivity contribution < 1.29 is 0 Å². The molecule has 1 aromatic heterocycles. The van der Waals surface area contributed by atoms with Crippen molar-refractivity contribution >= 4 is 22.6 Å². The van der Waals surface area contributed by atoms with E-state index in [9.17, 15) is 0 Å². The van der Waals surface area contributed by atoms with Crippen LogP contribution in [0, 0.1) is 0 Å². The molecule has 2 aromatic rings. The van der Waals surface area contributed by atoms with Crippen LogP contribution < -0.4 is 5.32 Å². The van der Waals surface area contributed by atoms with E-state index in [1.165, 1.54) is 24.2 Å². The Balaban J connectivity index is 2.06. The van der Waals surface area contributed by atoms with E-state index in [1.807, 2.05) is 18.2 Å². The van der Waals surface area contributed by atoms with Crippen LogP contribution in [-0.4, -0.2) is 22.1 Å². The van der Waals surface area contributed by atoms with Gasteiger partial charge < -0.3 is 9.88 Å². The van der Waals surface area contributed by atoms with Gasteiger partial charge in [0.15, 0.2) is 0 Å². The first-order valence-corrected chi connectivity index (χ1v) is 7.96. The highest BCUT2D eigenvalue weighted by molar-refractivity contribution is 6.31. The minimum Gasteiger partial charge on any atom is -0.328 e. The van der Waals surface area contributed by atoms with Crippen molar-refractivity contribution in [1.82, 2.24) is 14.9 Å². The number of aryl methyl sites for hydroxylation is 1. The summed E-state index contributed by atoms with van der Waals surface area (Å²) >= 11 is 6.16. The summed E-state index contributed by atoms with van der Waals surface area (Å²) in [5.74, 6) is 1.81. The lowest BCUT2D eigenvalue weighted by Gasteiger charge is -2.28. The molecule has 2 heterocycles. The van der Waals surface area contributed by atoms with Crippen LogP contribution in [0.2, 0.25) is 5.02 Å². The molecule has 1 fully saturated rings. The van der Waals surface area contributed by atoms with Crippen LogP contribution in [0.25, 0.3) is 11.0 Å². The van der Waals surface area contributed by atoms with Gasteiger partial charge in [0.05, 0.1) is 11.0 Å². The summed E-state index contributed by atoms with van der Waals surface area (Å²) < 4.78 is 2.38. The number of benzene rings is 1. The predicted molar refractivity (Wildman–Crippen MR) is 84.5 cm³/mol. The number of piperidine rings is 1. The number of halogens is 1. The van der Waals surface area contributed by atoms with E-state index in [0.717, 1.165) is 30.0 Å². The first-order chi connectivity index (χ1) is 9.69. The molecule has 0 spiro atoms. The standard InChI is InChI=1S/C16H22ClN3/c1-3-8-20-15-10-13(17)4-5-14(15)19-16(20)12-6-7-18-11(2)9-12/h4-5,10-12,18H,3,6-9H2,1-2H3. The molecular weight excluding hydrogens is 270 g/mol. The Labute approximate surface area is 125 Å². The number of aromatic nitrogens is 2. The molecule has 4 heteroatoms. The second-order valence-electron chi connectivity index (χ2n) is 5.83. The Hall–Kier alpha value is -1.06. The SMILES string of the molecule is CCCn1c(C2CCNC(C)C2)nc2ccc(Cl)cc21. The highest BCUT2D eigenvalue weighted by atomic mass is 35.5. The summed E-state index contributed by atoms with van der Waals surface area (Å²) in [6.07, 6.45) is 3.46. The van der Waals surface area contributed by atoms with Crippen LogP contribution in [-0.2, 0) is 6.54 Å². The predicted octanol–water partition coefficient (Wildman–Crippen LogP) is 3.96. The normalized spacial score (nSPS) is 23.4. The molecular formula is C16H22ClN3. The zero-order valence-corrected chi connectivity index (χ0v) is 13.0. The summed E-state index contributed by atoms with van der Waals surface area (Å²) in [6.45, 7) is 6.58. The van der Waals surface area contributed by atoms with Gasteiger partial charge in [0, 0.05) is 23.5 Å². The molecule has 3 nitrogen and oxygen atoms in total. The lowest BCUT2D eigenvalue weighted by atomic mass is 9.92. The smallest absolute Gasteiger partial charge is 0.113 e. The van der Waals surface area contributed by atoms with Crippen LogP contribution >= 0.6 is 11.6 Å². The molecule has 108 valence electrons. The molecule has 0 bridgehead atoms. The summed E-state index contributed by atoms with van der Waals surface area (Å²) in [4.78, 5) is 4.91. The summed E-state index contributed by atoms with van der Waals surface area (Å²) in [7, 11) is 0. The monoisotopic (exact) mass is 291 g/mol. The fourth-order valence-electron chi connectivity index (χ4n) is 3.25. The average molecular weight is 292 g/mol. The zero-order valence-electron chi connectivity index (χ0n) is 12.2. The molecule has 2 atom stereocenters. The van der Waals surface area contributed by atoms with Crippen LogP contribution in [0.15, 0.2) is 18.2 Å². The van der Waals surface area contributed by atoms with Gasteiger partial charge in [0.25, 0.3) is 0 Å². The molecule has 1 aromatic carbocycles. The molecule has 1 saturated heterocycles. The largest absolute Gasteiger partial charge is 0.328 e. The first kappa shape index (κ1) is 13.9. The number of nitrogens with one attached hydrogen (secondary N) is 1. The summed E-state index contributed by atoms with van der Waals surface area (Å²) in [5.41, 5.74) is 2.25. The molecule has 3 rings (SSSR count). The van der Waals surface area contributed by atoms with Crippen molar-refractivity contribution in [3.63, 3.8) is 0 Å². The van der Waals surface area contributed by atoms with Crippen LogP contribution in [0.3, 0.4) is 0 Å². The number of imidazole rings is 1. The highest BCUT2D eigenvalue weighted by Gasteiger charge is 2.25. The van der Waals surface area contributed by atoms with Gasteiger partial charge in [-0.15, -0.1) is 0 Å². The molecule has 0 aliphatic carbocycles. The molecule has 2 unspecified atom stereocenters. The minimum atomic E-state index is 0.559. The van der Waals surface area contributed by atoms with Crippen molar-refractivity contribution in [2.45, 2.75) is 51.6 Å². The fraction of sp³-hybridized carbons (Fsp3) is 0.562. The maximum Gasteiger partial charge on any atom is 0.113 e. The van der Waals surface area contributed by atoms with Gasteiger partial charge in [-0.2, -0.15) is 0 Å². The maximum absolute atomic E-state index is 6.16. The Morgan fingerprint density at radius 1 is 1.45 bits per heavy atom. The number of nitrogens with zero attached hydrogens (tertiary/aromatic N) is 2. The minimum absolute atomic E-state index is 0.559. The molecule has 0 saturated carbocycles. The van der Waals surface area contributed by atoms with E-state index >= 15 is 0 Å². The van der Waals surface area contributed by atoms with E-state index in [1.54, 1.807) is 0 Å². The molecule has 0 radical (unpaired) electrons. The lowest BCUT2D eigenvalue weighted by molar-refractivity contribution is 0.364. The lowest BCUT2D eigenvalue weighted by Crippen LogP contribution is -2.35. The third-order valence-electron chi connectivity index (χ3n) is 4.18. The third kappa shape index (κ3) is 2.57. The second-order valence-corrected chi connectivity index (χ2v) is 6.27. The number of fused-ring (bicyclic) bond motifs is 1. The quantitative estimate of drug-likeness (QED) is 0.928. The van der Waals surface area contributed by atoms with Gasteiger partial charge in [-0.25, -0.2) is 4.98 Å². The van der Waals surface area contributed by atoms with E-state index in [0.29, 0.717) is 12.0 Å². The Kier molecular flexibility index (Phi) is 3.99.